The Hall–Kier alpha value is -1.10. The van der Waals surface area contributed by atoms with E-state index in [1.807, 2.05) is 13.8 Å². The molecule has 0 fully saturated rings. The molecular weight excluding hydrogens is 222 g/mol. The summed E-state index contributed by atoms with van der Waals surface area (Å²) in [6, 6.07) is 0. The Bertz CT molecular complexity index is 291. The quantitative estimate of drug-likeness (QED) is 0.564. The third kappa shape index (κ3) is 6.26. The van der Waals surface area contributed by atoms with Crippen molar-refractivity contribution in [2.45, 2.75) is 46.6 Å². The standard InChI is InChI=1S/C12H23NO4/c1-11(2,3)17-10(16)8(9(14)15)6-12(4,5)7-13/h8H,6-7,13H2,1-5H3,(H,14,15)/t8-/m1/s1. The van der Waals surface area contributed by atoms with Crippen molar-refractivity contribution in [1.82, 2.24) is 0 Å². The van der Waals surface area contributed by atoms with Crippen LogP contribution in [-0.4, -0.2) is 29.2 Å². The second kappa shape index (κ2) is 5.49. The number of ether oxygens (including phenoxy) is 1. The minimum absolute atomic E-state index is 0.174. The normalized spacial score (nSPS) is 14.2. The molecule has 1 atom stereocenters. The highest BCUT2D eigenvalue weighted by Crippen LogP contribution is 2.26. The van der Waals surface area contributed by atoms with Gasteiger partial charge in [0.05, 0.1) is 0 Å². The fourth-order valence-electron chi connectivity index (χ4n) is 1.28. The van der Waals surface area contributed by atoms with Crippen molar-refractivity contribution in [2.24, 2.45) is 17.1 Å². The molecule has 0 bridgehead atoms. The van der Waals surface area contributed by atoms with Crippen LogP contribution in [0.1, 0.15) is 41.0 Å². The predicted octanol–water partition coefficient (Wildman–Crippen LogP) is 1.40. The van der Waals surface area contributed by atoms with Crippen LogP contribution in [0.5, 0.6) is 0 Å². The highest BCUT2D eigenvalue weighted by Gasteiger charge is 2.35. The van der Waals surface area contributed by atoms with Crippen molar-refractivity contribution < 1.29 is 19.4 Å². The van der Waals surface area contributed by atoms with Crippen LogP contribution in [0.15, 0.2) is 0 Å². The molecule has 100 valence electrons. The Morgan fingerprint density at radius 2 is 1.71 bits per heavy atom. The van der Waals surface area contributed by atoms with Crippen LogP contribution in [0.4, 0.5) is 0 Å². The molecule has 0 saturated carbocycles. The van der Waals surface area contributed by atoms with Gasteiger partial charge in [0.1, 0.15) is 5.60 Å². The van der Waals surface area contributed by atoms with Gasteiger partial charge in [0.25, 0.3) is 0 Å². The number of carbonyl (C=O) groups excluding carboxylic acids is 1. The fourth-order valence-corrected chi connectivity index (χ4v) is 1.28. The van der Waals surface area contributed by atoms with Gasteiger partial charge in [0.15, 0.2) is 5.92 Å². The lowest BCUT2D eigenvalue weighted by Crippen LogP contribution is -2.37. The zero-order valence-corrected chi connectivity index (χ0v) is 11.2. The largest absolute Gasteiger partial charge is 0.481 e. The van der Waals surface area contributed by atoms with Crippen LogP contribution >= 0.6 is 0 Å². The summed E-state index contributed by atoms with van der Waals surface area (Å²) < 4.78 is 5.09. The minimum Gasteiger partial charge on any atom is -0.481 e. The molecule has 0 amide bonds. The van der Waals surface area contributed by atoms with E-state index in [0.29, 0.717) is 6.54 Å². The van der Waals surface area contributed by atoms with Crippen molar-refractivity contribution in [3.8, 4) is 0 Å². The number of aliphatic carboxylic acids is 1. The van der Waals surface area contributed by atoms with E-state index < -0.39 is 28.9 Å². The van der Waals surface area contributed by atoms with Crippen molar-refractivity contribution in [1.29, 1.82) is 0 Å². The molecule has 0 heterocycles. The first kappa shape index (κ1) is 15.9. The van der Waals surface area contributed by atoms with Crippen LogP contribution in [0.25, 0.3) is 0 Å². The minimum atomic E-state index is -1.17. The molecular formula is C12H23NO4. The number of nitrogens with two attached hydrogens (primary N) is 1. The molecule has 0 aromatic heterocycles. The van der Waals surface area contributed by atoms with E-state index in [0.717, 1.165) is 0 Å². The first-order valence-corrected chi connectivity index (χ1v) is 5.64. The monoisotopic (exact) mass is 245 g/mol. The molecule has 0 rings (SSSR count). The van der Waals surface area contributed by atoms with Crippen LogP contribution in [0.3, 0.4) is 0 Å². The van der Waals surface area contributed by atoms with Gasteiger partial charge in [0, 0.05) is 0 Å². The highest BCUT2D eigenvalue weighted by molar-refractivity contribution is 5.94. The van der Waals surface area contributed by atoms with Gasteiger partial charge in [-0.2, -0.15) is 0 Å². The Balaban J connectivity index is 4.77. The van der Waals surface area contributed by atoms with E-state index in [4.69, 9.17) is 15.6 Å². The summed E-state index contributed by atoms with van der Waals surface area (Å²) in [5.41, 5.74) is 4.45. The van der Waals surface area contributed by atoms with Gasteiger partial charge < -0.3 is 15.6 Å². The van der Waals surface area contributed by atoms with Gasteiger partial charge in [0.2, 0.25) is 0 Å². The number of esters is 1. The lowest BCUT2D eigenvalue weighted by molar-refractivity contribution is -0.168. The molecule has 17 heavy (non-hydrogen) atoms. The van der Waals surface area contributed by atoms with Gasteiger partial charge in [-0.1, -0.05) is 13.8 Å². The van der Waals surface area contributed by atoms with Crippen molar-refractivity contribution in [2.75, 3.05) is 6.54 Å². The molecule has 5 nitrogen and oxygen atoms in total. The molecule has 0 aromatic rings. The second-order valence-corrected chi connectivity index (χ2v) is 6.00. The summed E-state index contributed by atoms with van der Waals surface area (Å²) in [5, 5.41) is 9.06. The van der Waals surface area contributed by atoms with Crippen LogP contribution < -0.4 is 5.73 Å². The molecule has 0 aliphatic rings. The summed E-state index contributed by atoms with van der Waals surface area (Å²) in [6.07, 6.45) is 0.174. The smallest absolute Gasteiger partial charge is 0.320 e. The molecule has 0 aliphatic carbocycles. The summed E-state index contributed by atoms with van der Waals surface area (Å²) in [4.78, 5) is 22.8. The molecule has 0 aromatic carbocycles. The maximum atomic E-state index is 11.8. The zero-order chi connectivity index (χ0) is 13.9. The van der Waals surface area contributed by atoms with Crippen LogP contribution in [-0.2, 0) is 14.3 Å². The lowest BCUT2D eigenvalue weighted by Gasteiger charge is -2.27. The van der Waals surface area contributed by atoms with E-state index in [2.05, 4.69) is 0 Å². The second-order valence-electron chi connectivity index (χ2n) is 6.00. The van der Waals surface area contributed by atoms with Gasteiger partial charge in [-0.05, 0) is 39.2 Å². The number of hydrogen-bond donors (Lipinski definition) is 2. The Morgan fingerprint density at radius 1 is 1.24 bits per heavy atom. The van der Waals surface area contributed by atoms with E-state index in [-0.39, 0.29) is 6.42 Å². The molecule has 0 unspecified atom stereocenters. The van der Waals surface area contributed by atoms with E-state index in [1.54, 1.807) is 20.8 Å². The number of rotatable bonds is 5. The summed E-state index contributed by atoms with van der Waals surface area (Å²) in [7, 11) is 0. The Labute approximate surface area is 102 Å². The maximum Gasteiger partial charge on any atom is 0.320 e. The van der Waals surface area contributed by atoms with Crippen molar-refractivity contribution in [3.63, 3.8) is 0 Å². The maximum absolute atomic E-state index is 11.8. The molecule has 0 saturated heterocycles. The number of carboxylic acids is 1. The topological polar surface area (TPSA) is 89.6 Å². The zero-order valence-electron chi connectivity index (χ0n) is 11.2. The number of carboxylic acid groups (broad SMARTS) is 1. The van der Waals surface area contributed by atoms with E-state index in [9.17, 15) is 9.59 Å². The SMILES string of the molecule is CC(C)(CN)C[C@H](C(=O)O)C(=O)OC(C)(C)C. The van der Waals surface area contributed by atoms with E-state index in [1.165, 1.54) is 0 Å². The van der Waals surface area contributed by atoms with Gasteiger partial charge in [-0.25, -0.2) is 0 Å². The third-order valence-electron chi connectivity index (χ3n) is 2.30. The molecule has 0 spiro atoms. The van der Waals surface area contributed by atoms with Gasteiger partial charge in [-0.15, -0.1) is 0 Å². The average molecular weight is 245 g/mol. The van der Waals surface area contributed by atoms with E-state index >= 15 is 0 Å². The molecule has 5 heteroatoms. The summed E-state index contributed by atoms with van der Waals surface area (Å²) in [6.45, 7) is 9.09. The molecule has 0 radical (unpaired) electrons. The summed E-state index contributed by atoms with van der Waals surface area (Å²) in [5.74, 6) is -3.03. The van der Waals surface area contributed by atoms with Crippen LogP contribution in [0, 0.1) is 11.3 Å². The number of carbonyl (C=O) groups is 2. The average Bonchev–Trinajstić information content (AvgIpc) is 2.11. The highest BCUT2D eigenvalue weighted by atomic mass is 16.6. The third-order valence-corrected chi connectivity index (χ3v) is 2.30. The lowest BCUT2D eigenvalue weighted by atomic mass is 9.83. The van der Waals surface area contributed by atoms with Crippen molar-refractivity contribution in [3.05, 3.63) is 0 Å². The number of hydrogen-bond acceptors (Lipinski definition) is 4. The summed E-state index contributed by atoms with van der Waals surface area (Å²) >= 11 is 0. The van der Waals surface area contributed by atoms with Crippen molar-refractivity contribution >= 4 is 11.9 Å². The Morgan fingerprint density at radius 3 is 2.00 bits per heavy atom. The molecule has 3 N–H and O–H groups in total. The predicted molar refractivity (Wildman–Crippen MR) is 64.4 cm³/mol. The van der Waals surface area contributed by atoms with Gasteiger partial charge in [-0.3, -0.25) is 9.59 Å². The van der Waals surface area contributed by atoms with Crippen LogP contribution in [0.2, 0.25) is 0 Å². The molecule has 0 aliphatic heterocycles. The van der Waals surface area contributed by atoms with Gasteiger partial charge >= 0.3 is 11.9 Å². The first-order chi connectivity index (χ1) is 7.48. The Kier molecular flexibility index (Phi) is 5.13. The first-order valence-electron chi connectivity index (χ1n) is 5.64. The fraction of sp³-hybridized carbons (Fsp3) is 0.833.